The zero-order chi connectivity index (χ0) is 17.2. The first-order valence-electron chi connectivity index (χ1n) is 9.15. The Labute approximate surface area is 148 Å². The average Bonchev–Trinajstić information content (AvgIpc) is 3.02. The highest BCUT2D eigenvalue weighted by Crippen LogP contribution is 2.29. The van der Waals surface area contributed by atoms with E-state index in [2.05, 4.69) is 58.9 Å². The molecule has 25 heavy (non-hydrogen) atoms. The van der Waals surface area contributed by atoms with Crippen molar-refractivity contribution in [2.45, 2.75) is 38.8 Å². The highest BCUT2D eigenvalue weighted by molar-refractivity contribution is 5.79. The van der Waals surface area contributed by atoms with E-state index in [0.717, 1.165) is 42.9 Å². The Morgan fingerprint density at radius 2 is 1.88 bits per heavy atom. The summed E-state index contributed by atoms with van der Waals surface area (Å²) in [5.41, 5.74) is 4.78. The van der Waals surface area contributed by atoms with Gasteiger partial charge in [-0.3, -0.25) is 0 Å². The van der Waals surface area contributed by atoms with Gasteiger partial charge in [0.15, 0.2) is 0 Å². The molecule has 1 aromatic heterocycles. The number of aliphatic hydroxyl groups is 1. The van der Waals surface area contributed by atoms with Crippen molar-refractivity contribution < 1.29 is 5.11 Å². The van der Waals surface area contributed by atoms with E-state index in [1.807, 2.05) is 6.07 Å². The van der Waals surface area contributed by atoms with Crippen LogP contribution in [0.3, 0.4) is 0 Å². The summed E-state index contributed by atoms with van der Waals surface area (Å²) in [6, 6.07) is 17.0. The minimum absolute atomic E-state index is 0.168. The number of hydrogen-bond acceptors (Lipinski definition) is 3. The first kappa shape index (κ1) is 16.2. The van der Waals surface area contributed by atoms with Gasteiger partial charge in [0.1, 0.15) is 0 Å². The van der Waals surface area contributed by atoms with Crippen LogP contribution in [0.25, 0.3) is 11.0 Å². The fourth-order valence-electron chi connectivity index (χ4n) is 3.85. The van der Waals surface area contributed by atoms with Crippen molar-refractivity contribution in [3.8, 4) is 0 Å². The number of aryl methyl sites for hydroxylation is 1. The number of aromatic nitrogens is 2. The van der Waals surface area contributed by atoms with Gasteiger partial charge in [-0.1, -0.05) is 36.4 Å². The maximum atomic E-state index is 9.84. The van der Waals surface area contributed by atoms with Crippen LogP contribution in [0.4, 0.5) is 5.95 Å². The fourth-order valence-corrected chi connectivity index (χ4v) is 3.85. The molecule has 4 rings (SSSR count). The third-order valence-electron chi connectivity index (χ3n) is 5.32. The molecule has 1 unspecified atom stereocenters. The van der Waals surface area contributed by atoms with Gasteiger partial charge < -0.3 is 14.6 Å². The minimum atomic E-state index is 0.168. The standard InChI is InChI=1S/C21H25N3O/c1-16-8-2-3-9-17(16)14-24-20-12-5-4-11-19(20)22-21(24)23-13-7-6-10-18(23)15-25/h2-5,8-9,11-12,18,25H,6-7,10,13-15H2,1H3. The normalized spacial score (nSPS) is 18.0. The molecule has 0 amide bonds. The summed E-state index contributed by atoms with van der Waals surface area (Å²) < 4.78 is 2.31. The first-order chi connectivity index (χ1) is 12.3. The molecule has 1 atom stereocenters. The van der Waals surface area contributed by atoms with Crippen molar-refractivity contribution >= 4 is 17.0 Å². The van der Waals surface area contributed by atoms with Gasteiger partial charge in [0.2, 0.25) is 5.95 Å². The van der Waals surface area contributed by atoms with Gasteiger partial charge >= 0.3 is 0 Å². The Kier molecular flexibility index (Phi) is 4.45. The van der Waals surface area contributed by atoms with Crippen molar-refractivity contribution in [1.29, 1.82) is 0 Å². The number of rotatable bonds is 4. The summed E-state index contributed by atoms with van der Waals surface area (Å²) in [6.45, 7) is 4.11. The molecule has 4 nitrogen and oxygen atoms in total. The van der Waals surface area contributed by atoms with Gasteiger partial charge in [0.25, 0.3) is 0 Å². The largest absolute Gasteiger partial charge is 0.394 e. The minimum Gasteiger partial charge on any atom is -0.394 e. The Bertz CT molecular complexity index is 870. The van der Waals surface area contributed by atoms with Crippen molar-refractivity contribution in [3.63, 3.8) is 0 Å². The lowest BCUT2D eigenvalue weighted by atomic mass is 10.0. The van der Waals surface area contributed by atoms with E-state index in [9.17, 15) is 5.11 Å². The summed E-state index contributed by atoms with van der Waals surface area (Å²) in [6.07, 6.45) is 3.37. The topological polar surface area (TPSA) is 41.3 Å². The molecule has 4 heteroatoms. The third-order valence-corrected chi connectivity index (χ3v) is 5.32. The van der Waals surface area contributed by atoms with Crippen LogP contribution in [0.2, 0.25) is 0 Å². The van der Waals surface area contributed by atoms with Crippen LogP contribution in [0.1, 0.15) is 30.4 Å². The molecule has 1 N–H and O–H groups in total. The lowest BCUT2D eigenvalue weighted by Crippen LogP contribution is -2.43. The van der Waals surface area contributed by atoms with Crippen LogP contribution in [-0.2, 0) is 6.54 Å². The Balaban J connectivity index is 1.82. The molecule has 1 aliphatic heterocycles. The first-order valence-corrected chi connectivity index (χ1v) is 9.15. The number of anilines is 1. The Morgan fingerprint density at radius 1 is 1.08 bits per heavy atom. The smallest absolute Gasteiger partial charge is 0.207 e. The van der Waals surface area contributed by atoms with Crippen LogP contribution in [0, 0.1) is 6.92 Å². The highest BCUT2D eigenvalue weighted by Gasteiger charge is 2.26. The number of nitrogens with zero attached hydrogens (tertiary/aromatic N) is 3. The fraction of sp³-hybridized carbons (Fsp3) is 0.381. The summed E-state index contributed by atoms with van der Waals surface area (Å²) in [5, 5.41) is 9.84. The summed E-state index contributed by atoms with van der Waals surface area (Å²) >= 11 is 0. The molecule has 130 valence electrons. The van der Waals surface area contributed by atoms with Gasteiger partial charge in [0.05, 0.1) is 30.2 Å². The molecule has 3 aromatic rings. The van der Waals surface area contributed by atoms with Gasteiger partial charge in [-0.2, -0.15) is 0 Å². The quantitative estimate of drug-likeness (QED) is 0.789. The van der Waals surface area contributed by atoms with E-state index in [-0.39, 0.29) is 12.6 Å². The summed E-state index contributed by atoms with van der Waals surface area (Å²) in [7, 11) is 0. The molecule has 2 aromatic carbocycles. The van der Waals surface area contributed by atoms with Gasteiger partial charge in [-0.15, -0.1) is 0 Å². The maximum absolute atomic E-state index is 9.84. The molecule has 0 bridgehead atoms. The number of para-hydroxylation sites is 2. The predicted octanol–water partition coefficient (Wildman–Crippen LogP) is 3.74. The number of aliphatic hydroxyl groups excluding tert-OH is 1. The van der Waals surface area contributed by atoms with E-state index in [1.54, 1.807) is 0 Å². The average molecular weight is 335 g/mol. The van der Waals surface area contributed by atoms with Crippen LogP contribution in [-0.4, -0.2) is 33.9 Å². The Morgan fingerprint density at radius 3 is 2.72 bits per heavy atom. The highest BCUT2D eigenvalue weighted by atomic mass is 16.3. The van der Waals surface area contributed by atoms with E-state index < -0.39 is 0 Å². The number of imidazole rings is 1. The van der Waals surface area contributed by atoms with Crippen molar-refractivity contribution in [3.05, 3.63) is 59.7 Å². The molecular formula is C21H25N3O. The van der Waals surface area contributed by atoms with E-state index in [1.165, 1.54) is 17.5 Å². The number of hydrogen-bond donors (Lipinski definition) is 1. The third kappa shape index (κ3) is 3.02. The second-order valence-electron chi connectivity index (χ2n) is 6.94. The molecule has 0 spiro atoms. The lowest BCUT2D eigenvalue weighted by molar-refractivity contribution is 0.238. The van der Waals surface area contributed by atoms with E-state index in [4.69, 9.17) is 4.98 Å². The molecule has 1 saturated heterocycles. The van der Waals surface area contributed by atoms with E-state index >= 15 is 0 Å². The second-order valence-corrected chi connectivity index (χ2v) is 6.94. The molecule has 1 aliphatic rings. The molecule has 2 heterocycles. The summed E-state index contributed by atoms with van der Waals surface area (Å²) in [5.74, 6) is 0.989. The van der Waals surface area contributed by atoms with Gasteiger partial charge in [-0.25, -0.2) is 4.98 Å². The molecular weight excluding hydrogens is 310 g/mol. The molecule has 0 saturated carbocycles. The maximum Gasteiger partial charge on any atom is 0.207 e. The number of fused-ring (bicyclic) bond motifs is 1. The lowest BCUT2D eigenvalue weighted by Gasteiger charge is -2.35. The predicted molar refractivity (Wildman–Crippen MR) is 102 cm³/mol. The van der Waals surface area contributed by atoms with Crippen LogP contribution < -0.4 is 4.90 Å². The van der Waals surface area contributed by atoms with Crippen molar-refractivity contribution in [2.24, 2.45) is 0 Å². The number of piperidine rings is 1. The van der Waals surface area contributed by atoms with Gasteiger partial charge in [0, 0.05) is 6.54 Å². The molecule has 0 aliphatic carbocycles. The zero-order valence-electron chi connectivity index (χ0n) is 14.7. The SMILES string of the molecule is Cc1ccccc1Cn1c(N2CCCCC2CO)nc2ccccc21. The van der Waals surface area contributed by atoms with E-state index in [0.29, 0.717) is 0 Å². The van der Waals surface area contributed by atoms with Crippen LogP contribution in [0.15, 0.2) is 48.5 Å². The van der Waals surface area contributed by atoms with Crippen molar-refractivity contribution in [1.82, 2.24) is 9.55 Å². The summed E-state index contributed by atoms with van der Waals surface area (Å²) in [4.78, 5) is 7.25. The van der Waals surface area contributed by atoms with Crippen LogP contribution in [0.5, 0.6) is 0 Å². The Hall–Kier alpha value is -2.33. The monoisotopic (exact) mass is 335 g/mol. The van der Waals surface area contributed by atoms with Gasteiger partial charge in [-0.05, 0) is 49.4 Å². The van der Waals surface area contributed by atoms with Crippen LogP contribution >= 0.6 is 0 Å². The number of benzene rings is 2. The zero-order valence-corrected chi connectivity index (χ0v) is 14.7. The van der Waals surface area contributed by atoms with Crippen molar-refractivity contribution in [2.75, 3.05) is 18.1 Å². The molecule has 0 radical (unpaired) electrons. The molecule has 1 fully saturated rings. The second kappa shape index (κ2) is 6.89.